The van der Waals surface area contributed by atoms with E-state index in [2.05, 4.69) is 39.1 Å². The topological polar surface area (TPSA) is 38.3 Å². The molecule has 0 heterocycles. The van der Waals surface area contributed by atoms with E-state index < -0.39 is 0 Å². The number of hydrogen-bond donors (Lipinski definition) is 1. The van der Waals surface area contributed by atoms with Gasteiger partial charge >= 0.3 is 0 Å². The van der Waals surface area contributed by atoms with Crippen LogP contribution in [0.4, 0.5) is 0 Å². The van der Waals surface area contributed by atoms with Crippen molar-refractivity contribution in [1.82, 2.24) is 5.48 Å². The number of carbonyl (C=O) groups excluding carboxylic acids is 1. The van der Waals surface area contributed by atoms with Crippen LogP contribution in [0.3, 0.4) is 0 Å². The van der Waals surface area contributed by atoms with Gasteiger partial charge in [0.2, 0.25) is 5.91 Å². The highest BCUT2D eigenvalue weighted by Gasteiger charge is 2.68. The van der Waals surface area contributed by atoms with Crippen LogP contribution in [0.2, 0.25) is 0 Å². The van der Waals surface area contributed by atoms with E-state index in [-0.39, 0.29) is 29.3 Å². The predicted molar refractivity (Wildman–Crippen MR) is 54.0 cm³/mol. The minimum absolute atomic E-state index is 0.00720. The summed E-state index contributed by atoms with van der Waals surface area (Å²) in [6.07, 6.45) is 4.99. The molecular weight excluding hydrogens is 178 g/mol. The maximum absolute atomic E-state index is 11.6. The molecule has 0 aromatic carbocycles. The Bertz CT molecular complexity index is 272. The Morgan fingerprint density at radius 2 is 1.93 bits per heavy atom. The largest absolute Gasteiger partial charge is 0.272 e. The summed E-state index contributed by atoms with van der Waals surface area (Å²) in [7, 11) is 0. The third kappa shape index (κ3) is 1.51. The number of hydrogen-bond acceptors (Lipinski definition) is 2. The fourth-order valence-electron chi connectivity index (χ4n) is 2.06. The lowest BCUT2D eigenvalue weighted by Gasteiger charge is -2.03. The van der Waals surface area contributed by atoms with Crippen molar-refractivity contribution in [1.29, 1.82) is 0 Å². The molecule has 14 heavy (non-hydrogen) atoms. The molecule has 0 aromatic rings. The molecule has 1 rings (SSSR count). The van der Waals surface area contributed by atoms with Crippen molar-refractivity contribution in [3.63, 3.8) is 0 Å². The van der Waals surface area contributed by atoms with Gasteiger partial charge in [0, 0.05) is 0 Å². The Hall–Kier alpha value is -1.01. The highest BCUT2D eigenvalue weighted by molar-refractivity contribution is 5.83. The van der Waals surface area contributed by atoms with Gasteiger partial charge in [-0.3, -0.25) is 9.63 Å². The van der Waals surface area contributed by atoms with Gasteiger partial charge in [0.25, 0.3) is 0 Å². The van der Waals surface area contributed by atoms with Crippen molar-refractivity contribution in [3.8, 4) is 12.3 Å². The van der Waals surface area contributed by atoms with Crippen molar-refractivity contribution >= 4 is 5.91 Å². The van der Waals surface area contributed by atoms with Crippen LogP contribution in [0.5, 0.6) is 0 Å². The standard InChI is InChI=1S/C11H17NO2/c1-6-7-14-12-9(13)8-10(2,3)11(8,4)5/h1,8H,7H2,2-5H3,(H,12,13). The first-order valence-electron chi connectivity index (χ1n) is 4.71. The molecule has 78 valence electrons. The lowest BCUT2D eigenvalue weighted by Crippen LogP contribution is -2.27. The Morgan fingerprint density at radius 3 is 2.29 bits per heavy atom. The maximum atomic E-state index is 11.6. The van der Waals surface area contributed by atoms with Gasteiger partial charge in [-0.2, -0.15) is 0 Å². The van der Waals surface area contributed by atoms with Gasteiger partial charge in [0.05, 0.1) is 5.92 Å². The summed E-state index contributed by atoms with van der Waals surface area (Å²) in [4.78, 5) is 16.4. The van der Waals surface area contributed by atoms with E-state index in [1.54, 1.807) is 0 Å². The normalized spacial score (nSPS) is 22.5. The molecule has 1 aliphatic rings. The SMILES string of the molecule is C#CCONC(=O)C1C(C)(C)C1(C)C. The molecule has 0 aliphatic heterocycles. The smallest absolute Gasteiger partial charge is 0.247 e. The van der Waals surface area contributed by atoms with Gasteiger partial charge in [0.1, 0.15) is 6.61 Å². The predicted octanol–water partition coefficient (Wildman–Crippen LogP) is 1.35. The summed E-state index contributed by atoms with van der Waals surface area (Å²) in [6.45, 7) is 8.44. The zero-order chi connectivity index (χ0) is 11.0. The Balaban J connectivity index is 2.46. The summed E-state index contributed by atoms with van der Waals surface area (Å²) >= 11 is 0. The second kappa shape index (κ2) is 3.29. The summed E-state index contributed by atoms with van der Waals surface area (Å²) < 4.78 is 0. The van der Waals surface area contributed by atoms with Crippen LogP contribution in [-0.2, 0) is 9.63 Å². The number of terminal acetylenes is 1. The second-order valence-electron chi connectivity index (χ2n) is 4.84. The molecule has 1 N–H and O–H groups in total. The summed E-state index contributed by atoms with van der Waals surface area (Å²) in [5.74, 6) is 2.22. The first-order chi connectivity index (χ1) is 6.35. The zero-order valence-corrected chi connectivity index (χ0v) is 9.18. The highest BCUT2D eigenvalue weighted by Crippen LogP contribution is 2.68. The maximum Gasteiger partial charge on any atom is 0.247 e. The molecule has 1 amide bonds. The van der Waals surface area contributed by atoms with Gasteiger partial charge in [-0.25, -0.2) is 5.48 Å². The number of rotatable bonds is 3. The van der Waals surface area contributed by atoms with Crippen molar-refractivity contribution in [2.75, 3.05) is 6.61 Å². The van der Waals surface area contributed by atoms with Crippen molar-refractivity contribution in [3.05, 3.63) is 0 Å². The van der Waals surface area contributed by atoms with E-state index in [0.717, 1.165) is 0 Å². The number of amides is 1. The summed E-state index contributed by atoms with van der Waals surface area (Å²) in [5, 5.41) is 0. The van der Waals surface area contributed by atoms with E-state index in [0.29, 0.717) is 0 Å². The van der Waals surface area contributed by atoms with E-state index in [9.17, 15) is 4.79 Å². The zero-order valence-electron chi connectivity index (χ0n) is 9.18. The van der Waals surface area contributed by atoms with Crippen molar-refractivity contribution < 1.29 is 9.63 Å². The quantitative estimate of drug-likeness (QED) is 0.419. The van der Waals surface area contributed by atoms with Gasteiger partial charge in [-0.15, -0.1) is 6.42 Å². The average molecular weight is 195 g/mol. The Labute approximate surface area is 85.2 Å². The number of nitrogens with one attached hydrogen (secondary N) is 1. The van der Waals surface area contributed by atoms with Crippen LogP contribution >= 0.6 is 0 Å². The monoisotopic (exact) mass is 195 g/mol. The van der Waals surface area contributed by atoms with Crippen LogP contribution in [0, 0.1) is 29.1 Å². The van der Waals surface area contributed by atoms with E-state index >= 15 is 0 Å². The van der Waals surface area contributed by atoms with E-state index in [4.69, 9.17) is 11.3 Å². The molecule has 0 saturated heterocycles. The molecule has 0 bridgehead atoms. The fraction of sp³-hybridized carbons (Fsp3) is 0.727. The molecular formula is C11H17NO2. The first-order valence-corrected chi connectivity index (χ1v) is 4.71. The minimum Gasteiger partial charge on any atom is -0.272 e. The Kier molecular flexibility index (Phi) is 2.60. The van der Waals surface area contributed by atoms with Gasteiger partial charge in [0.15, 0.2) is 0 Å². The van der Waals surface area contributed by atoms with Crippen molar-refractivity contribution in [2.45, 2.75) is 27.7 Å². The van der Waals surface area contributed by atoms with E-state index in [1.165, 1.54) is 0 Å². The van der Waals surface area contributed by atoms with Gasteiger partial charge < -0.3 is 0 Å². The number of carbonyl (C=O) groups is 1. The summed E-state index contributed by atoms with van der Waals surface area (Å²) in [5.41, 5.74) is 2.45. The third-order valence-corrected chi connectivity index (χ3v) is 3.61. The molecule has 3 nitrogen and oxygen atoms in total. The van der Waals surface area contributed by atoms with Gasteiger partial charge in [-0.05, 0) is 10.8 Å². The molecule has 0 atom stereocenters. The van der Waals surface area contributed by atoms with Crippen LogP contribution in [0.1, 0.15) is 27.7 Å². The van der Waals surface area contributed by atoms with Crippen LogP contribution in [0.25, 0.3) is 0 Å². The molecule has 0 aromatic heterocycles. The van der Waals surface area contributed by atoms with Crippen LogP contribution < -0.4 is 5.48 Å². The minimum atomic E-state index is -0.0738. The van der Waals surface area contributed by atoms with Crippen LogP contribution in [0.15, 0.2) is 0 Å². The molecule has 1 fully saturated rings. The van der Waals surface area contributed by atoms with Crippen LogP contribution in [-0.4, -0.2) is 12.5 Å². The molecule has 0 unspecified atom stereocenters. The Morgan fingerprint density at radius 1 is 1.43 bits per heavy atom. The molecule has 0 spiro atoms. The van der Waals surface area contributed by atoms with Crippen molar-refractivity contribution in [2.24, 2.45) is 16.7 Å². The molecule has 1 saturated carbocycles. The highest BCUT2D eigenvalue weighted by atomic mass is 16.6. The molecule has 1 aliphatic carbocycles. The summed E-state index contributed by atoms with van der Waals surface area (Å²) in [6, 6.07) is 0. The lowest BCUT2D eigenvalue weighted by atomic mass is 10.0. The average Bonchev–Trinajstić information content (AvgIpc) is 2.43. The molecule has 3 heteroatoms. The lowest BCUT2D eigenvalue weighted by molar-refractivity contribution is -0.135. The first kappa shape index (κ1) is 11.1. The fourth-order valence-corrected chi connectivity index (χ4v) is 2.06. The second-order valence-corrected chi connectivity index (χ2v) is 4.84. The third-order valence-electron chi connectivity index (χ3n) is 3.61. The molecule has 0 radical (unpaired) electrons. The number of hydroxylamine groups is 1. The van der Waals surface area contributed by atoms with E-state index in [1.807, 2.05) is 0 Å². The van der Waals surface area contributed by atoms with Gasteiger partial charge in [-0.1, -0.05) is 33.6 Å².